The number of likely N-dealkylation sites (N-methyl/N-ethyl adjacent to an activating group) is 1. The molecule has 2 aliphatic rings. The van der Waals surface area contributed by atoms with E-state index in [0.717, 1.165) is 13.1 Å². The first-order chi connectivity index (χ1) is 9.28. The molecule has 1 spiro atoms. The van der Waals surface area contributed by atoms with E-state index in [4.69, 9.17) is 0 Å². The zero-order valence-electron chi connectivity index (χ0n) is 13.7. The third kappa shape index (κ3) is 5.05. The maximum atomic E-state index is 3.41. The van der Waals surface area contributed by atoms with Crippen LogP contribution in [0.2, 0.25) is 0 Å². The van der Waals surface area contributed by atoms with Crippen LogP contribution in [0.4, 0.5) is 0 Å². The van der Waals surface area contributed by atoms with Crippen molar-refractivity contribution < 1.29 is 1.43 Å². The molecular formula is C16H37N3. The van der Waals surface area contributed by atoms with Gasteiger partial charge in [-0.15, -0.1) is 0 Å². The van der Waals surface area contributed by atoms with Crippen LogP contribution in [0.5, 0.6) is 0 Å². The summed E-state index contributed by atoms with van der Waals surface area (Å²) >= 11 is 0. The van der Waals surface area contributed by atoms with E-state index in [1.165, 1.54) is 58.5 Å². The van der Waals surface area contributed by atoms with Gasteiger partial charge in [-0.3, -0.25) is 0 Å². The summed E-state index contributed by atoms with van der Waals surface area (Å²) in [5.74, 6) is 0. The number of piperidine rings is 1. The second-order valence-electron chi connectivity index (χ2n) is 5.91. The molecule has 2 rings (SSSR count). The van der Waals surface area contributed by atoms with Crippen LogP contribution in [0.15, 0.2) is 0 Å². The molecule has 116 valence electrons. The maximum Gasteiger partial charge on any atom is 0.0107 e. The summed E-state index contributed by atoms with van der Waals surface area (Å²) in [6, 6.07) is 0. The highest BCUT2D eigenvalue weighted by molar-refractivity contribution is 4.98. The normalized spacial score (nSPS) is 22.7. The zero-order valence-corrected chi connectivity index (χ0v) is 13.7. The van der Waals surface area contributed by atoms with E-state index >= 15 is 0 Å². The van der Waals surface area contributed by atoms with Gasteiger partial charge in [0.25, 0.3) is 0 Å². The molecule has 0 amide bonds. The minimum absolute atomic E-state index is 0. The molecule has 0 aromatic rings. The monoisotopic (exact) mass is 271 g/mol. The lowest BCUT2D eigenvalue weighted by Gasteiger charge is -2.54. The van der Waals surface area contributed by atoms with Crippen LogP contribution in [0, 0.1) is 5.41 Å². The van der Waals surface area contributed by atoms with Crippen LogP contribution in [0.25, 0.3) is 0 Å². The van der Waals surface area contributed by atoms with Crippen LogP contribution in [0.1, 0.15) is 48.4 Å². The van der Waals surface area contributed by atoms with Gasteiger partial charge in [0.2, 0.25) is 0 Å². The number of nitrogens with one attached hydrogen (secondary N) is 1. The fraction of sp³-hybridized carbons (Fsp3) is 1.00. The van der Waals surface area contributed by atoms with Crippen LogP contribution in [-0.4, -0.2) is 62.2 Å². The summed E-state index contributed by atoms with van der Waals surface area (Å²) in [6.45, 7) is 18.7. The number of nitrogens with zero attached hydrogens (tertiary/aromatic N) is 2. The quantitative estimate of drug-likeness (QED) is 0.749. The van der Waals surface area contributed by atoms with E-state index in [1.807, 2.05) is 13.8 Å². The molecule has 0 saturated carbocycles. The Labute approximate surface area is 122 Å². The number of hydrogen-bond donors (Lipinski definition) is 1. The minimum atomic E-state index is 0. The molecule has 2 saturated heterocycles. The Hall–Kier alpha value is -0.120. The van der Waals surface area contributed by atoms with Crippen molar-refractivity contribution in [3.63, 3.8) is 0 Å². The highest BCUT2D eigenvalue weighted by atomic mass is 15.2. The summed E-state index contributed by atoms with van der Waals surface area (Å²) < 4.78 is 0. The molecule has 0 bridgehead atoms. The van der Waals surface area contributed by atoms with Gasteiger partial charge in [-0.2, -0.15) is 0 Å². The third-order valence-corrected chi connectivity index (χ3v) is 4.43. The summed E-state index contributed by atoms with van der Waals surface area (Å²) in [7, 11) is 0. The summed E-state index contributed by atoms with van der Waals surface area (Å²) in [4.78, 5) is 5.27. The van der Waals surface area contributed by atoms with Crippen molar-refractivity contribution in [2.24, 2.45) is 5.41 Å². The van der Waals surface area contributed by atoms with Crippen molar-refractivity contribution in [1.82, 2.24) is 15.1 Å². The van der Waals surface area contributed by atoms with Crippen molar-refractivity contribution in [3.05, 3.63) is 0 Å². The Balaban J connectivity index is 0.00000115. The first-order valence-electron chi connectivity index (χ1n) is 8.43. The van der Waals surface area contributed by atoms with Gasteiger partial charge in [0, 0.05) is 27.6 Å². The first kappa shape index (κ1) is 16.9. The van der Waals surface area contributed by atoms with Crippen molar-refractivity contribution in [3.8, 4) is 0 Å². The summed E-state index contributed by atoms with van der Waals surface area (Å²) in [5, 5.41) is 3.41. The molecule has 0 aliphatic carbocycles. The van der Waals surface area contributed by atoms with Gasteiger partial charge in [0.15, 0.2) is 0 Å². The van der Waals surface area contributed by atoms with E-state index in [2.05, 4.69) is 29.0 Å². The second-order valence-corrected chi connectivity index (χ2v) is 5.91. The Kier molecular flexibility index (Phi) is 7.96. The zero-order chi connectivity index (χ0) is 14.1. The lowest BCUT2D eigenvalue weighted by molar-refractivity contribution is -0.0452. The van der Waals surface area contributed by atoms with Gasteiger partial charge in [-0.1, -0.05) is 27.7 Å². The molecule has 3 nitrogen and oxygen atoms in total. The van der Waals surface area contributed by atoms with E-state index in [1.54, 1.807) is 0 Å². The Morgan fingerprint density at radius 1 is 1.00 bits per heavy atom. The molecule has 2 heterocycles. The van der Waals surface area contributed by atoms with Gasteiger partial charge < -0.3 is 15.1 Å². The molecule has 2 aliphatic heterocycles. The van der Waals surface area contributed by atoms with Gasteiger partial charge in [-0.25, -0.2) is 0 Å². The van der Waals surface area contributed by atoms with Crippen molar-refractivity contribution in [2.45, 2.75) is 47.0 Å². The fourth-order valence-electron chi connectivity index (χ4n) is 3.36. The molecule has 0 aromatic heterocycles. The predicted octanol–water partition coefficient (Wildman–Crippen LogP) is 2.68. The molecule has 19 heavy (non-hydrogen) atoms. The highest BCUT2D eigenvalue weighted by Gasteiger charge is 2.43. The van der Waals surface area contributed by atoms with E-state index in [0.29, 0.717) is 5.41 Å². The SMILES string of the molecule is CC.CCCN1CCC2(CC1)CN(CCNCC)C2.[HH]. The van der Waals surface area contributed by atoms with Crippen molar-refractivity contribution in [2.75, 3.05) is 52.4 Å². The largest absolute Gasteiger partial charge is 0.316 e. The van der Waals surface area contributed by atoms with Crippen molar-refractivity contribution in [1.29, 1.82) is 0 Å². The lowest BCUT2D eigenvalue weighted by Crippen LogP contribution is -2.61. The molecule has 1 N–H and O–H groups in total. The highest BCUT2D eigenvalue weighted by Crippen LogP contribution is 2.39. The fourth-order valence-corrected chi connectivity index (χ4v) is 3.36. The topological polar surface area (TPSA) is 18.5 Å². The maximum absolute atomic E-state index is 3.41. The molecule has 3 heteroatoms. The van der Waals surface area contributed by atoms with Gasteiger partial charge >= 0.3 is 0 Å². The molecule has 0 aromatic carbocycles. The van der Waals surface area contributed by atoms with Gasteiger partial charge in [-0.05, 0) is 50.9 Å². The lowest BCUT2D eigenvalue weighted by atomic mass is 9.72. The summed E-state index contributed by atoms with van der Waals surface area (Å²) in [6.07, 6.45) is 4.18. The predicted molar refractivity (Wildman–Crippen MR) is 86.8 cm³/mol. The van der Waals surface area contributed by atoms with Crippen LogP contribution in [0.3, 0.4) is 0 Å². The van der Waals surface area contributed by atoms with Gasteiger partial charge in [0.05, 0.1) is 0 Å². The average molecular weight is 271 g/mol. The molecule has 0 unspecified atom stereocenters. The van der Waals surface area contributed by atoms with Crippen LogP contribution in [-0.2, 0) is 0 Å². The molecule has 0 atom stereocenters. The van der Waals surface area contributed by atoms with Crippen LogP contribution < -0.4 is 5.32 Å². The minimum Gasteiger partial charge on any atom is -0.316 e. The van der Waals surface area contributed by atoms with Crippen LogP contribution >= 0.6 is 0 Å². The smallest absolute Gasteiger partial charge is 0.0107 e. The molecule has 0 radical (unpaired) electrons. The van der Waals surface area contributed by atoms with E-state index in [-0.39, 0.29) is 1.43 Å². The van der Waals surface area contributed by atoms with Crippen molar-refractivity contribution >= 4 is 0 Å². The Morgan fingerprint density at radius 3 is 2.16 bits per heavy atom. The third-order valence-electron chi connectivity index (χ3n) is 4.43. The van der Waals surface area contributed by atoms with Gasteiger partial charge in [0.1, 0.15) is 0 Å². The number of rotatable bonds is 6. The molecular weight excluding hydrogens is 234 g/mol. The Bertz CT molecular complexity index is 220. The Morgan fingerprint density at radius 2 is 1.63 bits per heavy atom. The second kappa shape index (κ2) is 8.93. The van der Waals surface area contributed by atoms with E-state index in [9.17, 15) is 0 Å². The summed E-state index contributed by atoms with van der Waals surface area (Å²) in [5.41, 5.74) is 0.705. The standard InChI is InChI=1S/C14H29N3.C2H6.H2/c1-3-8-16-9-5-14(6-10-16)12-17(13-14)11-7-15-4-2;1-2;/h15H,3-13H2,1-2H3;1-2H3;1H. The number of hydrogen-bond acceptors (Lipinski definition) is 3. The molecule has 2 fully saturated rings. The number of likely N-dealkylation sites (tertiary alicyclic amines) is 2. The van der Waals surface area contributed by atoms with E-state index < -0.39 is 0 Å². The first-order valence-corrected chi connectivity index (χ1v) is 8.43. The average Bonchev–Trinajstić information content (AvgIpc) is 2.42.